The Morgan fingerprint density at radius 1 is 0.889 bits per heavy atom. The quantitative estimate of drug-likeness (QED) is 0.819. The van der Waals surface area contributed by atoms with Crippen LogP contribution in [0.25, 0.3) is 0 Å². The van der Waals surface area contributed by atoms with Gasteiger partial charge in [0.15, 0.2) is 0 Å². The van der Waals surface area contributed by atoms with Crippen molar-refractivity contribution in [3.05, 3.63) is 71.8 Å². The van der Waals surface area contributed by atoms with Gasteiger partial charge in [0.1, 0.15) is 0 Å². The molecule has 1 fully saturated rings. The number of imide groups is 1. The molecule has 0 bridgehead atoms. The Morgan fingerprint density at radius 3 is 1.89 bits per heavy atom. The number of hydrogen-bond acceptors (Lipinski definition) is 4. The summed E-state index contributed by atoms with van der Waals surface area (Å²) in [5.41, 5.74) is 7.55. The topological polar surface area (TPSA) is 78.7 Å². The molecule has 0 radical (unpaired) electrons. The van der Waals surface area contributed by atoms with Crippen LogP contribution >= 0.6 is 0 Å². The zero-order valence-corrected chi connectivity index (χ0v) is 15.4. The summed E-state index contributed by atoms with van der Waals surface area (Å²) in [6.07, 6.45) is 0.281. The molecule has 1 aliphatic rings. The number of nitrogens with zero attached hydrogens (tertiary/aromatic N) is 2. The first-order valence-corrected chi connectivity index (χ1v) is 9.29. The Bertz CT molecular complexity index is 704. The summed E-state index contributed by atoms with van der Waals surface area (Å²) in [5.74, 6) is -0.323. The number of nitrogens with two attached hydrogens (primary N) is 1. The van der Waals surface area contributed by atoms with E-state index in [2.05, 4.69) is 63.6 Å². The average Bonchev–Trinajstić information content (AvgIpc) is 2.69. The van der Waals surface area contributed by atoms with E-state index < -0.39 is 6.03 Å². The largest absolute Gasteiger partial charge is 0.351 e. The van der Waals surface area contributed by atoms with E-state index in [9.17, 15) is 9.59 Å². The van der Waals surface area contributed by atoms with E-state index in [0.29, 0.717) is 6.54 Å². The Morgan fingerprint density at radius 2 is 1.41 bits per heavy atom. The van der Waals surface area contributed by atoms with Crippen molar-refractivity contribution in [1.82, 2.24) is 15.1 Å². The van der Waals surface area contributed by atoms with Gasteiger partial charge < -0.3 is 10.6 Å². The fourth-order valence-corrected chi connectivity index (χ4v) is 3.59. The predicted molar refractivity (Wildman–Crippen MR) is 105 cm³/mol. The molecule has 1 saturated heterocycles. The molecule has 2 aromatic rings. The molecule has 6 heteroatoms. The maximum Gasteiger partial charge on any atom is 0.318 e. The highest BCUT2D eigenvalue weighted by atomic mass is 16.2. The molecule has 6 nitrogen and oxygen atoms in total. The van der Waals surface area contributed by atoms with Crippen LogP contribution in [0.3, 0.4) is 0 Å². The number of carbonyl (C=O) groups is 2. The monoisotopic (exact) mass is 366 g/mol. The molecule has 3 N–H and O–H groups in total. The minimum Gasteiger partial charge on any atom is -0.351 e. The van der Waals surface area contributed by atoms with Crippen LogP contribution in [-0.2, 0) is 4.79 Å². The molecule has 1 heterocycles. The first kappa shape index (κ1) is 19.1. The van der Waals surface area contributed by atoms with Crippen LogP contribution in [-0.4, -0.2) is 54.5 Å². The second kappa shape index (κ2) is 9.30. The SMILES string of the molecule is NC(=O)NC(=O)CCN1CCN(C(c2ccccc2)c2ccccc2)CC1. The summed E-state index contributed by atoms with van der Waals surface area (Å²) >= 11 is 0. The van der Waals surface area contributed by atoms with Crippen LogP contribution in [0, 0.1) is 0 Å². The predicted octanol–water partition coefficient (Wildman–Crippen LogP) is 1.98. The molecule has 0 aliphatic carbocycles. The van der Waals surface area contributed by atoms with Gasteiger partial charge in [0.05, 0.1) is 6.04 Å². The lowest BCUT2D eigenvalue weighted by Crippen LogP contribution is -2.48. The third kappa shape index (κ3) is 5.39. The van der Waals surface area contributed by atoms with Gasteiger partial charge in [-0.3, -0.25) is 15.0 Å². The zero-order chi connectivity index (χ0) is 19.1. The summed E-state index contributed by atoms with van der Waals surface area (Å²) in [4.78, 5) is 27.1. The Hall–Kier alpha value is -2.70. The van der Waals surface area contributed by atoms with Crippen molar-refractivity contribution in [1.29, 1.82) is 0 Å². The molecule has 3 amide bonds. The number of hydrogen-bond donors (Lipinski definition) is 2. The summed E-state index contributed by atoms with van der Waals surface area (Å²) in [7, 11) is 0. The van der Waals surface area contributed by atoms with Crippen LogP contribution in [0.15, 0.2) is 60.7 Å². The maximum absolute atomic E-state index is 11.6. The molecule has 1 aliphatic heterocycles. The molecule has 2 aromatic carbocycles. The molecule has 0 atom stereocenters. The third-order valence-electron chi connectivity index (χ3n) is 4.92. The van der Waals surface area contributed by atoms with Gasteiger partial charge in [0.25, 0.3) is 0 Å². The molecular formula is C21H26N4O2. The van der Waals surface area contributed by atoms with Gasteiger partial charge in [-0.25, -0.2) is 4.79 Å². The summed E-state index contributed by atoms with van der Waals surface area (Å²) < 4.78 is 0. The van der Waals surface area contributed by atoms with Gasteiger partial charge in [0, 0.05) is 39.1 Å². The van der Waals surface area contributed by atoms with Gasteiger partial charge in [0.2, 0.25) is 5.91 Å². The number of rotatable bonds is 6. The third-order valence-corrected chi connectivity index (χ3v) is 4.92. The van der Waals surface area contributed by atoms with Crippen molar-refractivity contribution >= 4 is 11.9 Å². The van der Waals surface area contributed by atoms with Gasteiger partial charge in [-0.1, -0.05) is 60.7 Å². The maximum atomic E-state index is 11.6. The molecule has 0 spiro atoms. The van der Waals surface area contributed by atoms with E-state index in [4.69, 9.17) is 5.73 Å². The zero-order valence-electron chi connectivity index (χ0n) is 15.4. The Kier molecular flexibility index (Phi) is 6.57. The number of piperazine rings is 1. The minimum absolute atomic E-state index is 0.229. The molecule has 0 unspecified atom stereocenters. The van der Waals surface area contributed by atoms with Gasteiger partial charge in [-0.15, -0.1) is 0 Å². The lowest BCUT2D eigenvalue weighted by Gasteiger charge is -2.39. The second-order valence-electron chi connectivity index (χ2n) is 6.76. The summed E-state index contributed by atoms with van der Waals surface area (Å²) in [6.45, 7) is 4.26. The number of benzene rings is 2. The van der Waals surface area contributed by atoms with E-state index in [1.54, 1.807) is 0 Å². The summed E-state index contributed by atoms with van der Waals surface area (Å²) in [6, 6.07) is 20.6. The average molecular weight is 366 g/mol. The number of carbonyl (C=O) groups excluding carboxylic acids is 2. The van der Waals surface area contributed by atoms with Gasteiger partial charge in [-0.05, 0) is 11.1 Å². The van der Waals surface area contributed by atoms with Crippen LogP contribution in [0.2, 0.25) is 0 Å². The number of urea groups is 1. The standard InChI is InChI=1S/C21H26N4O2/c22-21(27)23-19(26)11-12-24-13-15-25(16-14-24)20(17-7-3-1-4-8-17)18-9-5-2-6-10-18/h1-10,20H,11-16H2,(H3,22,23,26,27). The number of primary amides is 1. The van der Waals surface area contributed by atoms with E-state index >= 15 is 0 Å². The second-order valence-corrected chi connectivity index (χ2v) is 6.76. The smallest absolute Gasteiger partial charge is 0.318 e. The molecule has 0 aromatic heterocycles. The van der Waals surface area contributed by atoms with Crippen molar-refractivity contribution in [2.45, 2.75) is 12.5 Å². The molecule has 3 rings (SSSR count). The Balaban J connectivity index is 1.62. The highest BCUT2D eigenvalue weighted by Crippen LogP contribution is 2.29. The molecule has 27 heavy (non-hydrogen) atoms. The van der Waals surface area contributed by atoms with E-state index in [1.807, 2.05) is 12.1 Å². The highest BCUT2D eigenvalue weighted by Gasteiger charge is 2.26. The number of amides is 3. The highest BCUT2D eigenvalue weighted by molar-refractivity contribution is 5.93. The van der Waals surface area contributed by atoms with E-state index in [1.165, 1.54) is 11.1 Å². The van der Waals surface area contributed by atoms with Crippen LogP contribution < -0.4 is 11.1 Å². The lowest BCUT2D eigenvalue weighted by atomic mass is 9.96. The van der Waals surface area contributed by atoms with E-state index in [0.717, 1.165) is 26.2 Å². The molecular weight excluding hydrogens is 340 g/mol. The van der Waals surface area contributed by atoms with Crippen molar-refractivity contribution in [2.24, 2.45) is 5.73 Å². The fourth-order valence-electron chi connectivity index (χ4n) is 3.59. The Labute approximate surface area is 159 Å². The van der Waals surface area contributed by atoms with Gasteiger partial charge >= 0.3 is 6.03 Å². The summed E-state index contributed by atoms with van der Waals surface area (Å²) in [5, 5.41) is 2.12. The van der Waals surface area contributed by atoms with E-state index in [-0.39, 0.29) is 18.4 Å². The first-order chi connectivity index (χ1) is 13.1. The van der Waals surface area contributed by atoms with Crippen molar-refractivity contribution in [3.8, 4) is 0 Å². The minimum atomic E-state index is -0.793. The van der Waals surface area contributed by atoms with Gasteiger partial charge in [-0.2, -0.15) is 0 Å². The van der Waals surface area contributed by atoms with Crippen molar-refractivity contribution < 1.29 is 9.59 Å². The van der Waals surface area contributed by atoms with Crippen LogP contribution in [0.1, 0.15) is 23.6 Å². The number of nitrogens with one attached hydrogen (secondary N) is 1. The normalized spacial score (nSPS) is 15.6. The lowest BCUT2D eigenvalue weighted by molar-refractivity contribution is -0.120. The molecule has 142 valence electrons. The van der Waals surface area contributed by atoms with Crippen LogP contribution in [0.5, 0.6) is 0 Å². The molecule has 0 saturated carbocycles. The van der Waals surface area contributed by atoms with Crippen LogP contribution in [0.4, 0.5) is 4.79 Å². The fraction of sp³-hybridized carbons (Fsp3) is 0.333. The van der Waals surface area contributed by atoms with Crippen molar-refractivity contribution in [3.63, 3.8) is 0 Å². The van der Waals surface area contributed by atoms with Crippen molar-refractivity contribution in [2.75, 3.05) is 32.7 Å². The first-order valence-electron chi connectivity index (χ1n) is 9.29.